The maximum Gasteiger partial charge on any atom is 0.279 e. The first-order valence-corrected chi connectivity index (χ1v) is 8.79. The van der Waals surface area contributed by atoms with Crippen LogP contribution in [-0.2, 0) is 9.59 Å². The fraction of sp³-hybridized carbons (Fsp3) is 0.333. The summed E-state index contributed by atoms with van der Waals surface area (Å²) in [6, 6.07) is 11.5. The van der Waals surface area contributed by atoms with E-state index in [1.807, 2.05) is 64.1 Å². The average Bonchev–Trinajstić information content (AvgIpc) is 2.62. The predicted molar refractivity (Wildman–Crippen MR) is 104 cm³/mol. The van der Waals surface area contributed by atoms with E-state index in [0.717, 1.165) is 22.3 Å². The number of hydrogen-bond acceptors (Lipinski definition) is 4. The number of carbonyl (C=O) groups is 2. The highest BCUT2D eigenvalue weighted by molar-refractivity contribution is 5.85. The summed E-state index contributed by atoms with van der Waals surface area (Å²) < 4.78 is 11.2. The summed E-state index contributed by atoms with van der Waals surface area (Å²) >= 11 is 0. The Morgan fingerprint density at radius 2 is 1.63 bits per heavy atom. The first-order chi connectivity index (χ1) is 12.8. The average molecular weight is 370 g/mol. The van der Waals surface area contributed by atoms with Crippen LogP contribution in [0.15, 0.2) is 36.4 Å². The molecule has 0 bridgehead atoms. The molecule has 144 valence electrons. The molecule has 2 aromatic carbocycles. The van der Waals surface area contributed by atoms with Crippen molar-refractivity contribution < 1.29 is 19.1 Å². The zero-order valence-electron chi connectivity index (χ0n) is 16.4. The van der Waals surface area contributed by atoms with E-state index in [2.05, 4.69) is 10.9 Å². The maximum absolute atomic E-state index is 12.1. The second-order valence-electron chi connectivity index (χ2n) is 6.58. The van der Waals surface area contributed by atoms with Crippen molar-refractivity contribution >= 4 is 11.8 Å². The smallest absolute Gasteiger partial charge is 0.279 e. The van der Waals surface area contributed by atoms with Crippen molar-refractivity contribution in [1.82, 2.24) is 10.9 Å². The molecule has 0 fully saturated rings. The number of para-hydroxylation sites is 1. The molecule has 2 aromatic rings. The van der Waals surface area contributed by atoms with Gasteiger partial charge < -0.3 is 9.47 Å². The lowest BCUT2D eigenvalue weighted by atomic mass is 10.1. The van der Waals surface area contributed by atoms with E-state index in [1.165, 1.54) is 0 Å². The van der Waals surface area contributed by atoms with Gasteiger partial charge in [-0.3, -0.25) is 20.4 Å². The Kier molecular flexibility index (Phi) is 6.82. The molecule has 2 amide bonds. The predicted octanol–water partition coefficient (Wildman–Crippen LogP) is 2.91. The van der Waals surface area contributed by atoms with Gasteiger partial charge in [0, 0.05) is 0 Å². The molecule has 1 unspecified atom stereocenters. The molecule has 0 spiro atoms. The minimum atomic E-state index is -0.759. The molecule has 0 aliphatic heterocycles. The number of carbonyl (C=O) groups excluding carboxylic acids is 2. The second kappa shape index (κ2) is 9.07. The Morgan fingerprint density at radius 3 is 2.26 bits per heavy atom. The second-order valence-corrected chi connectivity index (χ2v) is 6.58. The molecule has 0 saturated heterocycles. The van der Waals surface area contributed by atoms with E-state index >= 15 is 0 Å². The van der Waals surface area contributed by atoms with Gasteiger partial charge in [-0.25, -0.2) is 0 Å². The zero-order chi connectivity index (χ0) is 20.0. The molecule has 0 aromatic heterocycles. The minimum Gasteiger partial charge on any atom is -0.483 e. The van der Waals surface area contributed by atoms with Gasteiger partial charge in [-0.15, -0.1) is 0 Å². The molecular formula is C21H26N2O4. The van der Waals surface area contributed by atoms with Crippen LogP contribution in [0.4, 0.5) is 0 Å². The number of aryl methyl sites for hydroxylation is 4. The van der Waals surface area contributed by atoms with Crippen LogP contribution in [0.3, 0.4) is 0 Å². The summed E-state index contributed by atoms with van der Waals surface area (Å²) in [4.78, 5) is 24.0. The monoisotopic (exact) mass is 370 g/mol. The summed E-state index contributed by atoms with van der Waals surface area (Å²) in [6.07, 6.45) is -0.759. The molecule has 6 heteroatoms. The first-order valence-electron chi connectivity index (χ1n) is 8.79. The molecule has 0 aliphatic rings. The highest BCUT2D eigenvalue weighted by Crippen LogP contribution is 2.23. The third-order valence-corrected chi connectivity index (χ3v) is 4.09. The van der Waals surface area contributed by atoms with E-state index in [4.69, 9.17) is 9.47 Å². The van der Waals surface area contributed by atoms with Crippen molar-refractivity contribution in [2.24, 2.45) is 0 Å². The molecule has 0 saturated carbocycles. The van der Waals surface area contributed by atoms with Gasteiger partial charge in [0.05, 0.1) is 0 Å². The summed E-state index contributed by atoms with van der Waals surface area (Å²) in [5.41, 5.74) is 8.65. The van der Waals surface area contributed by atoms with Crippen LogP contribution >= 0.6 is 0 Å². The minimum absolute atomic E-state index is 0.198. The lowest BCUT2D eigenvalue weighted by molar-refractivity contribution is -0.133. The molecule has 1 atom stereocenters. The van der Waals surface area contributed by atoms with Gasteiger partial charge in [-0.1, -0.05) is 35.9 Å². The van der Waals surface area contributed by atoms with Crippen LogP contribution in [0.5, 0.6) is 11.5 Å². The summed E-state index contributed by atoms with van der Waals surface area (Å²) in [5.74, 6) is 0.401. The molecule has 0 aliphatic carbocycles. The Bertz CT molecular complexity index is 813. The van der Waals surface area contributed by atoms with Crippen LogP contribution in [0.2, 0.25) is 0 Å². The molecule has 2 N–H and O–H groups in total. The van der Waals surface area contributed by atoms with E-state index in [9.17, 15) is 9.59 Å². The van der Waals surface area contributed by atoms with Crippen LogP contribution in [-0.4, -0.2) is 24.5 Å². The van der Waals surface area contributed by atoms with Gasteiger partial charge in [0.15, 0.2) is 12.7 Å². The number of nitrogens with one attached hydrogen (secondary N) is 2. The number of benzene rings is 2. The number of ether oxygens (including phenoxy) is 2. The van der Waals surface area contributed by atoms with Crippen LogP contribution in [0.25, 0.3) is 0 Å². The van der Waals surface area contributed by atoms with Crippen molar-refractivity contribution in [3.8, 4) is 11.5 Å². The van der Waals surface area contributed by atoms with E-state index in [1.54, 1.807) is 6.92 Å². The Morgan fingerprint density at radius 1 is 0.963 bits per heavy atom. The Balaban J connectivity index is 1.81. The highest BCUT2D eigenvalue weighted by atomic mass is 16.5. The van der Waals surface area contributed by atoms with Crippen molar-refractivity contribution in [1.29, 1.82) is 0 Å². The number of hydrazine groups is 1. The van der Waals surface area contributed by atoms with Crippen molar-refractivity contribution in [3.05, 3.63) is 58.7 Å². The van der Waals surface area contributed by atoms with Gasteiger partial charge in [-0.2, -0.15) is 0 Å². The van der Waals surface area contributed by atoms with Crippen LogP contribution < -0.4 is 20.3 Å². The standard InChI is InChI=1S/C21H26N2O4/c1-13-9-10-18(16(4)11-13)26-12-19(24)22-23-21(25)17(5)27-20-14(2)7-6-8-15(20)3/h6-11,17H,12H2,1-5H3,(H,22,24)(H,23,25). The Labute approximate surface area is 159 Å². The summed E-state index contributed by atoms with van der Waals surface area (Å²) in [5, 5.41) is 0. The third kappa shape index (κ3) is 5.74. The molecular weight excluding hydrogens is 344 g/mol. The van der Waals surface area contributed by atoms with Gasteiger partial charge in [-0.05, 0) is 57.4 Å². The SMILES string of the molecule is Cc1ccc(OCC(=O)NNC(=O)C(C)Oc2c(C)cccc2C)c(C)c1. The lowest BCUT2D eigenvalue weighted by Crippen LogP contribution is -2.48. The molecule has 27 heavy (non-hydrogen) atoms. The summed E-state index contributed by atoms with van der Waals surface area (Å²) in [7, 11) is 0. The van der Waals surface area contributed by atoms with Gasteiger partial charge >= 0.3 is 0 Å². The van der Waals surface area contributed by atoms with E-state index < -0.39 is 17.9 Å². The molecule has 6 nitrogen and oxygen atoms in total. The van der Waals surface area contributed by atoms with Gasteiger partial charge in [0.25, 0.3) is 11.8 Å². The number of hydrogen-bond donors (Lipinski definition) is 2. The number of amides is 2. The van der Waals surface area contributed by atoms with Gasteiger partial charge in [0.1, 0.15) is 11.5 Å². The fourth-order valence-corrected chi connectivity index (χ4v) is 2.59. The lowest BCUT2D eigenvalue weighted by Gasteiger charge is -2.18. The fourth-order valence-electron chi connectivity index (χ4n) is 2.59. The van der Waals surface area contributed by atoms with Crippen molar-refractivity contribution in [3.63, 3.8) is 0 Å². The quantitative estimate of drug-likeness (QED) is 0.767. The molecule has 0 heterocycles. The Hall–Kier alpha value is -3.02. The van der Waals surface area contributed by atoms with E-state index in [-0.39, 0.29) is 6.61 Å². The summed E-state index contributed by atoms with van der Waals surface area (Å²) in [6.45, 7) is 9.16. The molecule has 2 rings (SSSR count). The van der Waals surface area contributed by atoms with Gasteiger partial charge in [0.2, 0.25) is 0 Å². The van der Waals surface area contributed by atoms with Crippen LogP contribution in [0, 0.1) is 27.7 Å². The number of rotatable bonds is 6. The van der Waals surface area contributed by atoms with Crippen molar-refractivity contribution in [2.45, 2.75) is 40.7 Å². The zero-order valence-corrected chi connectivity index (χ0v) is 16.4. The highest BCUT2D eigenvalue weighted by Gasteiger charge is 2.17. The van der Waals surface area contributed by atoms with Crippen LogP contribution in [0.1, 0.15) is 29.2 Å². The molecule has 0 radical (unpaired) electrons. The topological polar surface area (TPSA) is 76.7 Å². The van der Waals surface area contributed by atoms with Crippen molar-refractivity contribution in [2.75, 3.05) is 6.61 Å². The third-order valence-electron chi connectivity index (χ3n) is 4.09. The first kappa shape index (κ1) is 20.3. The normalized spacial score (nSPS) is 11.4. The maximum atomic E-state index is 12.1. The van der Waals surface area contributed by atoms with E-state index in [0.29, 0.717) is 11.5 Å². The largest absolute Gasteiger partial charge is 0.483 e.